The number of nitrogens with zero attached hydrogens (tertiary/aromatic N) is 4. The van der Waals surface area contributed by atoms with E-state index in [0.717, 1.165) is 36.5 Å². The molecular formula is C23H27BrN6O3. The van der Waals surface area contributed by atoms with E-state index >= 15 is 0 Å². The van der Waals surface area contributed by atoms with Crippen LogP contribution in [-0.2, 0) is 14.4 Å². The second-order valence-corrected chi connectivity index (χ2v) is 9.02. The van der Waals surface area contributed by atoms with Crippen molar-refractivity contribution >= 4 is 45.2 Å². The number of benzene rings is 1. The molecule has 4 rings (SSSR count). The number of amides is 3. The summed E-state index contributed by atoms with van der Waals surface area (Å²) in [5.41, 5.74) is 0.642. The minimum atomic E-state index is -0.809. The summed E-state index contributed by atoms with van der Waals surface area (Å²) in [5.74, 6) is 0.215. The van der Waals surface area contributed by atoms with Crippen LogP contribution in [0.15, 0.2) is 53.1 Å². The van der Waals surface area contributed by atoms with E-state index in [4.69, 9.17) is 0 Å². The number of hydrogen-bond donors (Lipinski definition) is 2. The molecule has 0 unspecified atom stereocenters. The molecule has 1 aromatic carbocycles. The number of nitrogens with one attached hydrogen (secondary N) is 2. The molecule has 1 aromatic heterocycles. The Hall–Kier alpha value is -2.98. The minimum Gasteiger partial charge on any atom is -0.354 e. The van der Waals surface area contributed by atoms with Gasteiger partial charge in [-0.25, -0.2) is 4.98 Å². The lowest BCUT2D eigenvalue weighted by Gasteiger charge is -2.38. The van der Waals surface area contributed by atoms with Crippen LogP contribution in [-0.4, -0.2) is 84.4 Å². The molecule has 2 aliphatic rings. The molecule has 3 heterocycles. The molecule has 0 saturated carbocycles. The van der Waals surface area contributed by atoms with Gasteiger partial charge in [0.05, 0.1) is 13.0 Å². The number of carbonyl (C=O) groups excluding carboxylic acids is 3. The van der Waals surface area contributed by atoms with Gasteiger partial charge >= 0.3 is 0 Å². The molecule has 2 aliphatic heterocycles. The topological polar surface area (TPSA) is 97.9 Å². The van der Waals surface area contributed by atoms with E-state index in [1.807, 2.05) is 30.3 Å². The van der Waals surface area contributed by atoms with Gasteiger partial charge in [0.2, 0.25) is 17.7 Å². The normalized spacial score (nSPS) is 19.2. The van der Waals surface area contributed by atoms with Gasteiger partial charge in [-0.3, -0.25) is 19.3 Å². The summed E-state index contributed by atoms with van der Waals surface area (Å²) < 4.78 is 0.907. The van der Waals surface area contributed by atoms with Crippen LogP contribution in [0.2, 0.25) is 0 Å². The van der Waals surface area contributed by atoms with Crippen molar-refractivity contribution in [3.8, 4) is 0 Å². The Morgan fingerprint density at radius 2 is 1.82 bits per heavy atom. The third kappa shape index (κ3) is 6.08. The van der Waals surface area contributed by atoms with Crippen LogP contribution in [0.25, 0.3) is 0 Å². The summed E-state index contributed by atoms with van der Waals surface area (Å²) in [6.07, 6.45) is 1.70. The van der Waals surface area contributed by atoms with Crippen LogP contribution in [0.4, 0.5) is 11.5 Å². The molecule has 2 aromatic rings. The van der Waals surface area contributed by atoms with Crippen LogP contribution in [0.1, 0.15) is 6.42 Å². The second kappa shape index (κ2) is 10.8. The third-order valence-electron chi connectivity index (χ3n) is 5.86. The number of aromatic nitrogens is 1. The average Bonchev–Trinajstić information content (AvgIpc) is 2.83. The molecule has 2 saturated heterocycles. The van der Waals surface area contributed by atoms with Crippen molar-refractivity contribution in [2.24, 2.45) is 0 Å². The highest BCUT2D eigenvalue weighted by molar-refractivity contribution is 9.10. The van der Waals surface area contributed by atoms with E-state index in [1.54, 1.807) is 23.2 Å². The lowest BCUT2D eigenvalue weighted by Crippen LogP contribution is -2.60. The van der Waals surface area contributed by atoms with E-state index in [-0.39, 0.29) is 30.7 Å². The fourth-order valence-corrected chi connectivity index (χ4v) is 4.36. The Morgan fingerprint density at radius 3 is 2.52 bits per heavy atom. The Bertz CT molecular complexity index is 979. The summed E-state index contributed by atoms with van der Waals surface area (Å²) in [6, 6.07) is 12.2. The Kier molecular flexibility index (Phi) is 7.56. The largest absolute Gasteiger partial charge is 0.354 e. The van der Waals surface area contributed by atoms with E-state index in [9.17, 15) is 14.4 Å². The van der Waals surface area contributed by atoms with Gasteiger partial charge in [0.25, 0.3) is 0 Å². The number of pyridine rings is 1. The molecule has 2 fully saturated rings. The number of hydrogen-bond acceptors (Lipinski definition) is 6. The number of halogens is 1. The zero-order chi connectivity index (χ0) is 23.2. The van der Waals surface area contributed by atoms with Crippen molar-refractivity contribution in [2.45, 2.75) is 12.5 Å². The summed E-state index contributed by atoms with van der Waals surface area (Å²) in [5, 5.41) is 5.57. The predicted octanol–water partition coefficient (Wildman–Crippen LogP) is 1.32. The van der Waals surface area contributed by atoms with Gasteiger partial charge < -0.3 is 20.4 Å². The van der Waals surface area contributed by atoms with Gasteiger partial charge in [-0.15, -0.1) is 0 Å². The lowest BCUT2D eigenvalue weighted by atomic mass is 10.1. The van der Waals surface area contributed by atoms with Crippen molar-refractivity contribution < 1.29 is 14.4 Å². The maximum atomic E-state index is 13.1. The smallest absolute Gasteiger partial charge is 0.243 e. The number of carbonyl (C=O) groups is 3. The van der Waals surface area contributed by atoms with Gasteiger partial charge in [-0.05, 0) is 36.4 Å². The standard InChI is InChI=1S/C23H27BrN6O3/c24-17-4-6-18(7-5-17)27-21(31)15-19-23(33)26-9-10-30(19)22(32)16-28-11-13-29(14-12-28)20-3-1-2-8-25-20/h1-8,19H,9-16H2,(H,26,33)(H,27,31)/t19-/m1/s1. The second-order valence-electron chi connectivity index (χ2n) is 8.10. The van der Waals surface area contributed by atoms with Crippen molar-refractivity contribution in [1.82, 2.24) is 20.1 Å². The fraction of sp³-hybridized carbons (Fsp3) is 0.391. The maximum absolute atomic E-state index is 13.1. The number of anilines is 2. The molecule has 33 heavy (non-hydrogen) atoms. The van der Waals surface area contributed by atoms with E-state index in [2.05, 4.69) is 41.3 Å². The van der Waals surface area contributed by atoms with Crippen LogP contribution in [0, 0.1) is 0 Å². The first-order chi connectivity index (χ1) is 16.0. The molecule has 0 aliphatic carbocycles. The molecule has 2 N–H and O–H groups in total. The highest BCUT2D eigenvalue weighted by Gasteiger charge is 2.35. The van der Waals surface area contributed by atoms with Gasteiger partial charge in [-0.2, -0.15) is 0 Å². The van der Waals surface area contributed by atoms with Crippen molar-refractivity contribution in [2.75, 3.05) is 56.0 Å². The first-order valence-electron chi connectivity index (χ1n) is 11.0. The first kappa shape index (κ1) is 23.2. The van der Waals surface area contributed by atoms with Crippen molar-refractivity contribution in [3.05, 3.63) is 53.1 Å². The van der Waals surface area contributed by atoms with Gasteiger partial charge in [0.15, 0.2) is 0 Å². The monoisotopic (exact) mass is 514 g/mol. The van der Waals surface area contributed by atoms with Crippen molar-refractivity contribution in [1.29, 1.82) is 0 Å². The Labute approximate surface area is 201 Å². The van der Waals surface area contributed by atoms with Crippen LogP contribution < -0.4 is 15.5 Å². The molecule has 174 valence electrons. The minimum absolute atomic E-state index is 0.0823. The van der Waals surface area contributed by atoms with Gasteiger partial charge in [0, 0.05) is 55.6 Å². The van der Waals surface area contributed by atoms with Crippen LogP contribution in [0.5, 0.6) is 0 Å². The number of piperazine rings is 2. The zero-order valence-corrected chi connectivity index (χ0v) is 19.8. The van der Waals surface area contributed by atoms with E-state index in [1.165, 1.54) is 0 Å². The lowest BCUT2D eigenvalue weighted by molar-refractivity contribution is -0.145. The molecule has 10 heteroatoms. The maximum Gasteiger partial charge on any atom is 0.243 e. The zero-order valence-electron chi connectivity index (χ0n) is 18.2. The summed E-state index contributed by atoms with van der Waals surface area (Å²) in [4.78, 5) is 48.4. The Morgan fingerprint density at radius 1 is 1.06 bits per heavy atom. The van der Waals surface area contributed by atoms with Crippen LogP contribution in [0.3, 0.4) is 0 Å². The summed E-state index contributed by atoms with van der Waals surface area (Å²) in [7, 11) is 0. The molecular weight excluding hydrogens is 488 g/mol. The molecule has 0 spiro atoms. The SMILES string of the molecule is O=C(C[C@@H]1C(=O)NCCN1C(=O)CN1CCN(c2ccccn2)CC1)Nc1ccc(Br)cc1. The Balaban J connectivity index is 1.32. The molecule has 0 bridgehead atoms. The fourth-order valence-electron chi connectivity index (χ4n) is 4.09. The van der Waals surface area contributed by atoms with Crippen molar-refractivity contribution in [3.63, 3.8) is 0 Å². The van der Waals surface area contributed by atoms with E-state index in [0.29, 0.717) is 18.8 Å². The average molecular weight is 515 g/mol. The summed E-state index contributed by atoms with van der Waals surface area (Å²) in [6.45, 7) is 4.05. The summed E-state index contributed by atoms with van der Waals surface area (Å²) >= 11 is 3.36. The molecule has 0 radical (unpaired) electrons. The predicted molar refractivity (Wildman–Crippen MR) is 129 cm³/mol. The number of rotatable bonds is 6. The van der Waals surface area contributed by atoms with Gasteiger partial charge in [-0.1, -0.05) is 22.0 Å². The molecule has 9 nitrogen and oxygen atoms in total. The highest BCUT2D eigenvalue weighted by atomic mass is 79.9. The van der Waals surface area contributed by atoms with E-state index < -0.39 is 6.04 Å². The first-order valence-corrected chi connectivity index (χ1v) is 11.8. The molecule has 1 atom stereocenters. The van der Waals surface area contributed by atoms with Crippen LogP contribution >= 0.6 is 15.9 Å². The quantitative estimate of drug-likeness (QED) is 0.603. The molecule has 3 amide bonds. The highest BCUT2D eigenvalue weighted by Crippen LogP contribution is 2.17. The van der Waals surface area contributed by atoms with Gasteiger partial charge in [0.1, 0.15) is 11.9 Å². The third-order valence-corrected chi connectivity index (χ3v) is 6.39.